The standard InChI is InChI=1S/C26H30F2O5/c1-4-11-31-16-7-10-23-17(13-16)24-19(26(2,3)33-23)14-18(25(29)30)22(32-24)9-6-15-5-8-20(27)21(28)12-15/h5,7-8,10,12-13,18-19,22,24H,4,6,9,11,14H2,1-3H3,(H,29,30)/t18-,19+,22+,24-/m1/s1. The minimum Gasteiger partial charge on any atom is -0.494 e. The Morgan fingerprint density at radius 3 is 2.67 bits per heavy atom. The summed E-state index contributed by atoms with van der Waals surface area (Å²) in [6.07, 6.45) is 1.13. The second kappa shape index (κ2) is 9.29. The minimum absolute atomic E-state index is 0.160. The molecule has 33 heavy (non-hydrogen) atoms. The first-order valence-corrected chi connectivity index (χ1v) is 11.5. The Balaban J connectivity index is 1.61. The van der Waals surface area contributed by atoms with E-state index in [1.165, 1.54) is 6.07 Å². The Kier molecular flexibility index (Phi) is 6.61. The van der Waals surface area contributed by atoms with Crippen LogP contribution in [0, 0.1) is 23.5 Å². The Morgan fingerprint density at radius 2 is 1.97 bits per heavy atom. The molecule has 0 radical (unpaired) electrons. The highest BCUT2D eigenvalue weighted by Gasteiger charge is 2.52. The average Bonchev–Trinajstić information content (AvgIpc) is 2.77. The van der Waals surface area contributed by atoms with E-state index in [4.69, 9.17) is 14.2 Å². The van der Waals surface area contributed by atoms with Crippen molar-refractivity contribution in [3.8, 4) is 11.5 Å². The molecule has 0 bridgehead atoms. The van der Waals surface area contributed by atoms with E-state index in [-0.39, 0.29) is 12.0 Å². The van der Waals surface area contributed by atoms with E-state index in [9.17, 15) is 18.7 Å². The third-order valence-corrected chi connectivity index (χ3v) is 6.69. The Hall–Kier alpha value is -2.67. The lowest BCUT2D eigenvalue weighted by Crippen LogP contribution is -2.52. The summed E-state index contributed by atoms with van der Waals surface area (Å²) in [6, 6.07) is 9.43. The van der Waals surface area contributed by atoms with Gasteiger partial charge in [0.15, 0.2) is 11.6 Å². The van der Waals surface area contributed by atoms with Crippen LogP contribution in [0.15, 0.2) is 36.4 Å². The first-order chi connectivity index (χ1) is 15.7. The Bertz CT molecular complexity index is 1020. The van der Waals surface area contributed by atoms with Gasteiger partial charge in [-0.3, -0.25) is 4.79 Å². The number of ether oxygens (including phenoxy) is 3. The third-order valence-electron chi connectivity index (χ3n) is 6.69. The molecule has 2 aromatic carbocycles. The largest absolute Gasteiger partial charge is 0.494 e. The number of fused-ring (bicyclic) bond motifs is 3. The highest BCUT2D eigenvalue weighted by molar-refractivity contribution is 5.71. The molecule has 0 saturated carbocycles. The van der Waals surface area contributed by atoms with Gasteiger partial charge < -0.3 is 19.3 Å². The van der Waals surface area contributed by atoms with Gasteiger partial charge in [0.25, 0.3) is 0 Å². The van der Waals surface area contributed by atoms with Gasteiger partial charge in [0.2, 0.25) is 0 Å². The maximum Gasteiger partial charge on any atom is 0.309 e. The predicted molar refractivity (Wildman–Crippen MR) is 118 cm³/mol. The van der Waals surface area contributed by atoms with E-state index in [2.05, 4.69) is 0 Å². The lowest BCUT2D eigenvalue weighted by molar-refractivity contribution is -0.188. The van der Waals surface area contributed by atoms with Crippen LogP contribution in [0.3, 0.4) is 0 Å². The Morgan fingerprint density at radius 1 is 1.18 bits per heavy atom. The van der Waals surface area contributed by atoms with E-state index in [1.807, 2.05) is 39.0 Å². The molecule has 1 saturated heterocycles. The molecule has 0 aromatic heterocycles. The maximum atomic E-state index is 13.6. The second-order valence-electron chi connectivity index (χ2n) is 9.42. The van der Waals surface area contributed by atoms with Crippen molar-refractivity contribution < 1.29 is 32.9 Å². The third kappa shape index (κ3) is 4.83. The quantitative estimate of drug-likeness (QED) is 0.574. The number of aliphatic carboxylic acids is 1. The molecule has 2 heterocycles. The monoisotopic (exact) mass is 460 g/mol. The highest BCUT2D eigenvalue weighted by atomic mass is 19.2. The topological polar surface area (TPSA) is 65.0 Å². The van der Waals surface area contributed by atoms with Crippen LogP contribution in [0.5, 0.6) is 11.5 Å². The number of hydrogen-bond acceptors (Lipinski definition) is 4. The van der Waals surface area contributed by atoms with Crippen LogP contribution in [0.4, 0.5) is 8.78 Å². The van der Waals surface area contributed by atoms with E-state index in [0.29, 0.717) is 37.2 Å². The molecule has 1 fully saturated rings. The number of halogens is 2. The summed E-state index contributed by atoms with van der Waals surface area (Å²) in [5.74, 6) is -2.19. The summed E-state index contributed by atoms with van der Waals surface area (Å²) in [4.78, 5) is 12.1. The van der Waals surface area contributed by atoms with Gasteiger partial charge in [-0.05, 0) is 75.4 Å². The molecular formula is C26H30F2O5. The van der Waals surface area contributed by atoms with E-state index < -0.39 is 35.2 Å². The highest BCUT2D eigenvalue weighted by Crippen LogP contribution is 2.53. The number of benzene rings is 2. The fourth-order valence-electron chi connectivity index (χ4n) is 4.91. The lowest BCUT2D eigenvalue weighted by atomic mass is 9.71. The molecule has 0 aliphatic carbocycles. The van der Waals surface area contributed by atoms with Gasteiger partial charge in [-0.25, -0.2) is 8.78 Å². The summed E-state index contributed by atoms with van der Waals surface area (Å²) in [6.45, 7) is 6.55. The van der Waals surface area contributed by atoms with Crippen molar-refractivity contribution in [3.63, 3.8) is 0 Å². The van der Waals surface area contributed by atoms with Crippen LogP contribution in [0.25, 0.3) is 0 Å². The summed E-state index contributed by atoms with van der Waals surface area (Å²) >= 11 is 0. The van der Waals surface area contributed by atoms with Gasteiger partial charge in [0.05, 0.1) is 24.7 Å². The van der Waals surface area contributed by atoms with Gasteiger partial charge in [0, 0.05) is 11.5 Å². The van der Waals surface area contributed by atoms with E-state index >= 15 is 0 Å². The molecule has 178 valence electrons. The summed E-state index contributed by atoms with van der Waals surface area (Å²) < 4.78 is 45.4. The van der Waals surface area contributed by atoms with E-state index in [1.54, 1.807) is 0 Å². The van der Waals surface area contributed by atoms with Crippen LogP contribution >= 0.6 is 0 Å². The molecule has 0 spiro atoms. The Labute approximate surface area is 192 Å². The molecule has 4 rings (SSSR count). The average molecular weight is 461 g/mol. The van der Waals surface area contributed by atoms with Gasteiger partial charge in [0.1, 0.15) is 17.1 Å². The van der Waals surface area contributed by atoms with Gasteiger partial charge >= 0.3 is 5.97 Å². The minimum atomic E-state index is -0.926. The predicted octanol–water partition coefficient (Wildman–Crippen LogP) is 5.70. The van der Waals surface area contributed by atoms with Crippen LogP contribution in [-0.2, 0) is 16.0 Å². The molecule has 2 aromatic rings. The summed E-state index contributed by atoms with van der Waals surface area (Å²) in [7, 11) is 0. The van der Waals surface area contributed by atoms with Gasteiger partial charge in [-0.15, -0.1) is 0 Å². The maximum absolute atomic E-state index is 13.6. The van der Waals surface area contributed by atoms with Crippen molar-refractivity contribution in [1.29, 1.82) is 0 Å². The molecule has 0 amide bonds. The summed E-state index contributed by atoms with van der Waals surface area (Å²) in [5, 5.41) is 9.93. The van der Waals surface area contributed by atoms with Crippen LogP contribution in [0.1, 0.15) is 57.3 Å². The molecule has 5 nitrogen and oxygen atoms in total. The molecule has 1 N–H and O–H groups in total. The smallest absolute Gasteiger partial charge is 0.309 e. The van der Waals surface area contributed by atoms with Crippen LogP contribution < -0.4 is 9.47 Å². The van der Waals surface area contributed by atoms with Crippen molar-refractivity contribution in [3.05, 3.63) is 59.2 Å². The zero-order valence-electron chi connectivity index (χ0n) is 19.1. The van der Waals surface area contributed by atoms with Gasteiger partial charge in [-0.2, -0.15) is 0 Å². The second-order valence-corrected chi connectivity index (χ2v) is 9.42. The number of carboxylic acids is 1. The molecule has 0 unspecified atom stereocenters. The number of rotatable bonds is 7. The normalized spacial score (nSPS) is 25.5. The number of aryl methyl sites for hydroxylation is 1. The zero-order chi connectivity index (χ0) is 23.8. The van der Waals surface area contributed by atoms with Crippen molar-refractivity contribution in [2.24, 2.45) is 11.8 Å². The SMILES string of the molecule is CCCOc1ccc2c(c1)[C@H]1O[C@@H](CCc3ccc(F)c(F)c3)[C@H](C(=O)O)C[C@@H]1C(C)(C)O2. The molecule has 2 aliphatic rings. The van der Waals surface area contributed by atoms with Crippen molar-refractivity contribution in [2.45, 2.75) is 64.3 Å². The van der Waals surface area contributed by atoms with Crippen LogP contribution in [0.2, 0.25) is 0 Å². The molecule has 2 aliphatic heterocycles. The van der Waals surface area contributed by atoms with Crippen molar-refractivity contribution in [1.82, 2.24) is 0 Å². The number of hydrogen-bond donors (Lipinski definition) is 1. The molecule has 7 heteroatoms. The first kappa shape index (κ1) is 23.5. The lowest BCUT2D eigenvalue weighted by Gasteiger charge is -2.50. The zero-order valence-corrected chi connectivity index (χ0v) is 19.1. The van der Waals surface area contributed by atoms with Crippen molar-refractivity contribution >= 4 is 5.97 Å². The first-order valence-electron chi connectivity index (χ1n) is 11.5. The number of carboxylic acid groups (broad SMARTS) is 1. The summed E-state index contributed by atoms with van der Waals surface area (Å²) in [5.41, 5.74) is 0.851. The van der Waals surface area contributed by atoms with Crippen LogP contribution in [-0.4, -0.2) is 29.4 Å². The fraction of sp³-hybridized carbons (Fsp3) is 0.500. The number of carbonyl (C=O) groups is 1. The molecular weight excluding hydrogens is 430 g/mol. The fourth-order valence-corrected chi connectivity index (χ4v) is 4.91. The molecule has 4 atom stereocenters. The van der Waals surface area contributed by atoms with Gasteiger partial charge in [-0.1, -0.05) is 13.0 Å². The van der Waals surface area contributed by atoms with E-state index in [0.717, 1.165) is 29.9 Å². The van der Waals surface area contributed by atoms with Crippen molar-refractivity contribution in [2.75, 3.05) is 6.61 Å².